The third-order valence-electron chi connectivity index (χ3n) is 12.0. The molecule has 4 fully saturated rings. The van der Waals surface area contributed by atoms with Gasteiger partial charge in [-0.2, -0.15) is 0 Å². The molecule has 4 aliphatic carbocycles. The monoisotopic (exact) mass is 526 g/mol. The van der Waals surface area contributed by atoms with Crippen LogP contribution in [0.15, 0.2) is 23.0 Å². The number of hydrogen-bond acceptors (Lipinski definition) is 4. The number of nitrogens with zero attached hydrogens (tertiary/aromatic N) is 1. The molecule has 10 atom stereocenters. The van der Waals surface area contributed by atoms with Gasteiger partial charge in [0.25, 0.3) is 5.56 Å². The Morgan fingerprint density at radius 1 is 1.08 bits per heavy atom. The van der Waals surface area contributed by atoms with Crippen molar-refractivity contribution in [2.24, 2.45) is 46.3 Å². The van der Waals surface area contributed by atoms with E-state index in [1.54, 1.807) is 18.2 Å². The lowest BCUT2D eigenvalue weighted by atomic mass is 9.43. The second-order valence-electron chi connectivity index (χ2n) is 13.6. The molecule has 202 valence electrons. The first-order chi connectivity index (χ1) is 17.6. The molecule has 0 aliphatic heterocycles. The van der Waals surface area contributed by atoms with E-state index in [1.807, 2.05) is 0 Å². The predicted molar refractivity (Wildman–Crippen MR) is 147 cm³/mol. The molecular weight excluding hydrogens is 484 g/mol. The van der Waals surface area contributed by atoms with Gasteiger partial charge in [-0.15, -0.1) is 0 Å². The fourth-order valence-corrected chi connectivity index (χ4v) is 10.2. The van der Waals surface area contributed by atoms with Crippen LogP contribution in [0.1, 0.15) is 84.4 Å². The fourth-order valence-electron chi connectivity index (χ4n) is 10.0. The summed E-state index contributed by atoms with van der Waals surface area (Å²) in [6.07, 6.45) is 9.97. The van der Waals surface area contributed by atoms with Gasteiger partial charge >= 0.3 is 0 Å². The number of aromatic amines is 1. The zero-order valence-electron chi connectivity index (χ0n) is 22.5. The molecule has 0 bridgehead atoms. The highest BCUT2D eigenvalue weighted by atomic mass is 35.5. The van der Waals surface area contributed by atoms with Crippen molar-refractivity contribution in [3.8, 4) is 0 Å². The molecule has 0 saturated heterocycles. The second kappa shape index (κ2) is 9.34. The number of fused-ring (bicyclic) bond motifs is 6. The van der Waals surface area contributed by atoms with E-state index >= 15 is 0 Å². The van der Waals surface area contributed by atoms with Crippen molar-refractivity contribution in [3.05, 3.63) is 39.4 Å². The molecule has 0 radical (unpaired) electrons. The average Bonchev–Trinajstić information content (AvgIpc) is 3.21. The average molecular weight is 527 g/mol. The first kappa shape index (κ1) is 25.8. The van der Waals surface area contributed by atoms with Gasteiger partial charge in [-0.25, -0.2) is 4.98 Å². The van der Waals surface area contributed by atoms with E-state index in [0.717, 1.165) is 44.3 Å². The predicted octanol–water partition coefficient (Wildman–Crippen LogP) is 6.14. The highest BCUT2D eigenvalue weighted by Crippen LogP contribution is 2.68. The van der Waals surface area contributed by atoms with Crippen LogP contribution in [0.25, 0.3) is 10.9 Å². The molecule has 2 aromatic rings. The maximum Gasteiger partial charge on any atom is 0.258 e. The minimum Gasteiger partial charge on any atom is -0.393 e. The number of rotatable bonds is 4. The number of aryl methyl sites for hydroxylation is 1. The lowest BCUT2D eigenvalue weighted by molar-refractivity contribution is -0.174. The molecule has 0 amide bonds. The summed E-state index contributed by atoms with van der Waals surface area (Å²) in [4.78, 5) is 20.3. The fraction of sp³-hybridized carbons (Fsp3) is 0.742. The van der Waals surface area contributed by atoms with Crippen LogP contribution in [0.5, 0.6) is 0 Å². The van der Waals surface area contributed by atoms with E-state index in [9.17, 15) is 15.0 Å². The van der Waals surface area contributed by atoms with Crippen LogP contribution in [0.2, 0.25) is 5.02 Å². The normalized spacial score (nSPS) is 42.2. The van der Waals surface area contributed by atoms with Crippen molar-refractivity contribution in [1.82, 2.24) is 9.97 Å². The van der Waals surface area contributed by atoms with Gasteiger partial charge in [0.1, 0.15) is 5.82 Å². The van der Waals surface area contributed by atoms with Gasteiger partial charge in [0, 0.05) is 6.42 Å². The van der Waals surface area contributed by atoms with Gasteiger partial charge < -0.3 is 15.2 Å². The summed E-state index contributed by atoms with van der Waals surface area (Å²) < 4.78 is 0. The molecule has 6 heteroatoms. The van der Waals surface area contributed by atoms with Gasteiger partial charge in [-0.1, -0.05) is 38.4 Å². The SMILES string of the molecule is C[C@H](CCc1nc2c(Cl)cccc2c(=O)[nH]1)[C@H]1CC[C@H]2[C@H]3C(CC[C@]12C)[C@@]1(C)CC[C@@H](O)C[C@H]1C[C@H]3O. The van der Waals surface area contributed by atoms with Crippen LogP contribution in [-0.2, 0) is 6.42 Å². The molecule has 1 aromatic carbocycles. The highest BCUT2D eigenvalue weighted by molar-refractivity contribution is 6.34. The van der Waals surface area contributed by atoms with E-state index in [0.29, 0.717) is 51.4 Å². The Hall–Kier alpha value is -1.43. The Morgan fingerprint density at radius 3 is 2.65 bits per heavy atom. The molecule has 1 heterocycles. The van der Waals surface area contributed by atoms with Crippen molar-refractivity contribution in [2.75, 3.05) is 0 Å². The van der Waals surface area contributed by atoms with Crippen LogP contribution in [0.3, 0.4) is 0 Å². The number of benzene rings is 1. The number of hydrogen-bond donors (Lipinski definition) is 3. The lowest BCUT2D eigenvalue weighted by Gasteiger charge is -2.62. The first-order valence-electron chi connectivity index (χ1n) is 14.7. The smallest absolute Gasteiger partial charge is 0.258 e. The number of aliphatic hydroxyl groups is 2. The molecule has 1 unspecified atom stereocenters. The van der Waals surface area contributed by atoms with Crippen LogP contribution >= 0.6 is 11.6 Å². The van der Waals surface area contributed by atoms with Crippen molar-refractivity contribution < 1.29 is 10.2 Å². The quantitative estimate of drug-likeness (QED) is 0.447. The van der Waals surface area contributed by atoms with Gasteiger partial charge in [-0.3, -0.25) is 4.79 Å². The Balaban J connectivity index is 1.19. The molecule has 3 N–H and O–H groups in total. The Bertz CT molecular complexity index is 1230. The summed E-state index contributed by atoms with van der Waals surface area (Å²) in [5.74, 6) is 3.88. The minimum absolute atomic E-state index is 0.116. The van der Waals surface area contributed by atoms with E-state index in [1.165, 1.54) is 25.7 Å². The number of nitrogens with one attached hydrogen (secondary N) is 1. The van der Waals surface area contributed by atoms with E-state index < -0.39 is 0 Å². The van der Waals surface area contributed by atoms with Crippen molar-refractivity contribution in [2.45, 2.75) is 97.2 Å². The first-order valence-corrected chi connectivity index (χ1v) is 15.0. The molecule has 0 spiro atoms. The summed E-state index contributed by atoms with van der Waals surface area (Å²) in [6.45, 7) is 7.38. The molecule has 4 saturated carbocycles. The van der Waals surface area contributed by atoms with Crippen LogP contribution < -0.4 is 5.56 Å². The summed E-state index contributed by atoms with van der Waals surface area (Å²) >= 11 is 6.34. The van der Waals surface area contributed by atoms with Gasteiger partial charge in [0.05, 0.1) is 28.1 Å². The molecule has 4 aliphatic rings. The molecule has 1 aromatic heterocycles. The number of H-pyrrole nitrogens is 1. The van der Waals surface area contributed by atoms with Crippen molar-refractivity contribution in [3.63, 3.8) is 0 Å². The Labute approximate surface area is 225 Å². The number of aliphatic hydroxyl groups excluding tert-OH is 2. The zero-order chi connectivity index (χ0) is 26.1. The van der Waals surface area contributed by atoms with E-state index in [4.69, 9.17) is 16.6 Å². The van der Waals surface area contributed by atoms with Crippen LogP contribution in [-0.4, -0.2) is 32.4 Å². The van der Waals surface area contributed by atoms with Crippen LogP contribution in [0, 0.1) is 46.3 Å². The van der Waals surface area contributed by atoms with E-state index in [2.05, 4.69) is 25.8 Å². The number of halogens is 1. The third-order valence-corrected chi connectivity index (χ3v) is 12.3. The van der Waals surface area contributed by atoms with Gasteiger partial charge in [-0.05, 0) is 116 Å². The number of para-hydroxylation sites is 1. The van der Waals surface area contributed by atoms with Crippen molar-refractivity contribution >= 4 is 22.5 Å². The number of aromatic nitrogens is 2. The summed E-state index contributed by atoms with van der Waals surface area (Å²) in [5, 5.41) is 22.9. The van der Waals surface area contributed by atoms with Crippen molar-refractivity contribution in [1.29, 1.82) is 0 Å². The molecule has 6 rings (SSSR count). The maximum atomic E-state index is 12.6. The topological polar surface area (TPSA) is 86.2 Å². The molecular formula is C31H43ClN2O3. The lowest BCUT2D eigenvalue weighted by Crippen LogP contribution is -2.58. The molecule has 37 heavy (non-hydrogen) atoms. The summed E-state index contributed by atoms with van der Waals surface area (Å²) in [7, 11) is 0. The molecule has 5 nitrogen and oxygen atoms in total. The standard InChI is InChI=1S/C31H43ClN2O3/c1-17(7-10-26-33-28-20(29(37)34-26)5-4-6-24(28)32)21-8-9-22-27-23(12-14-31(21,22)3)30(2)13-11-19(35)15-18(30)16-25(27)36/h4-6,17-19,21-23,25,27,35-36H,7-16H2,1-3H3,(H,33,34,37)/t17-,18+,19-,21-,22+,23?,25-,27+,30+,31-/m1/s1. The largest absolute Gasteiger partial charge is 0.393 e. The summed E-state index contributed by atoms with van der Waals surface area (Å²) in [5.41, 5.74) is 1.000. The Kier molecular flexibility index (Phi) is 6.52. The van der Waals surface area contributed by atoms with Gasteiger partial charge in [0.15, 0.2) is 0 Å². The van der Waals surface area contributed by atoms with Crippen LogP contribution in [0.4, 0.5) is 0 Å². The minimum atomic E-state index is -0.233. The highest BCUT2D eigenvalue weighted by Gasteiger charge is 2.62. The zero-order valence-corrected chi connectivity index (χ0v) is 23.3. The maximum absolute atomic E-state index is 12.6. The second-order valence-corrected chi connectivity index (χ2v) is 14.0. The van der Waals surface area contributed by atoms with Gasteiger partial charge in [0.2, 0.25) is 0 Å². The Morgan fingerprint density at radius 2 is 1.84 bits per heavy atom. The summed E-state index contributed by atoms with van der Waals surface area (Å²) in [6, 6.07) is 5.35. The van der Waals surface area contributed by atoms with E-state index in [-0.39, 0.29) is 28.6 Å². The third kappa shape index (κ3) is 4.10.